The van der Waals surface area contributed by atoms with Crippen LogP contribution in [0.3, 0.4) is 0 Å². The van der Waals surface area contributed by atoms with Crippen LogP contribution >= 0.6 is 0 Å². The summed E-state index contributed by atoms with van der Waals surface area (Å²) in [6, 6.07) is 9.07. The van der Waals surface area contributed by atoms with Crippen molar-refractivity contribution in [1.29, 1.82) is 0 Å². The fourth-order valence-corrected chi connectivity index (χ4v) is 3.58. The molecule has 1 aromatic heterocycles. The highest BCUT2D eigenvalue weighted by Crippen LogP contribution is 2.32. The fourth-order valence-electron chi connectivity index (χ4n) is 3.58. The molecule has 1 amide bonds. The van der Waals surface area contributed by atoms with Crippen LogP contribution in [0, 0.1) is 0 Å². The Labute approximate surface area is 164 Å². The second-order valence-corrected chi connectivity index (χ2v) is 7.17. The molecule has 0 radical (unpaired) electrons. The maximum atomic E-state index is 12.7. The number of nitrogens with one attached hydrogen (secondary N) is 2. The number of methoxy groups -OCH3 is 1. The van der Waals surface area contributed by atoms with Gasteiger partial charge in [0.05, 0.1) is 7.11 Å². The quantitative estimate of drug-likeness (QED) is 0.720. The van der Waals surface area contributed by atoms with E-state index in [0.717, 1.165) is 30.6 Å². The topological polar surface area (TPSA) is 88.3 Å². The van der Waals surface area contributed by atoms with Gasteiger partial charge in [-0.25, -0.2) is 0 Å². The first-order chi connectivity index (χ1) is 13.5. The summed E-state index contributed by atoms with van der Waals surface area (Å²) in [5, 5.41) is 2.76. The van der Waals surface area contributed by atoms with Gasteiger partial charge in [0.15, 0.2) is 5.78 Å². The fraction of sp³-hybridized carbons (Fsp3) is 0.409. The lowest BCUT2D eigenvalue weighted by Crippen LogP contribution is -2.33. The van der Waals surface area contributed by atoms with E-state index < -0.39 is 11.5 Å². The molecular formula is C22H26N2O4. The van der Waals surface area contributed by atoms with Gasteiger partial charge in [-0.1, -0.05) is 31.9 Å². The van der Waals surface area contributed by atoms with E-state index in [-0.39, 0.29) is 17.3 Å². The predicted octanol–water partition coefficient (Wildman–Crippen LogP) is 3.22. The molecule has 6 nitrogen and oxygen atoms in total. The third-order valence-corrected chi connectivity index (χ3v) is 5.20. The number of ketones is 1. The summed E-state index contributed by atoms with van der Waals surface area (Å²) >= 11 is 0. The number of H-pyrrole nitrogens is 1. The first-order valence-corrected chi connectivity index (χ1v) is 9.75. The van der Waals surface area contributed by atoms with Crippen molar-refractivity contribution < 1.29 is 14.3 Å². The molecule has 1 aliphatic rings. The first kappa shape index (κ1) is 19.9. The number of pyridine rings is 1. The van der Waals surface area contributed by atoms with Crippen molar-refractivity contribution in [2.24, 2.45) is 0 Å². The molecule has 2 aromatic rings. The molecule has 3 rings (SSSR count). The van der Waals surface area contributed by atoms with Crippen molar-refractivity contribution in [2.45, 2.75) is 44.9 Å². The SMILES string of the molecule is CCCCCNC(=O)c1cc2c([nH]c1=O)C[C@H](c1ccc(OC)cc1)CC2=O. The average Bonchev–Trinajstić information content (AvgIpc) is 2.70. The van der Waals surface area contributed by atoms with Crippen molar-refractivity contribution in [3.63, 3.8) is 0 Å². The molecule has 0 aliphatic heterocycles. The maximum Gasteiger partial charge on any atom is 0.261 e. The average molecular weight is 382 g/mol. The van der Waals surface area contributed by atoms with Crippen LogP contribution in [-0.2, 0) is 6.42 Å². The summed E-state index contributed by atoms with van der Waals surface area (Å²) < 4.78 is 5.17. The predicted molar refractivity (Wildman–Crippen MR) is 107 cm³/mol. The third-order valence-electron chi connectivity index (χ3n) is 5.20. The number of Topliss-reactive ketones (excluding diaryl/α,β-unsaturated/α-hetero) is 1. The second-order valence-electron chi connectivity index (χ2n) is 7.17. The van der Waals surface area contributed by atoms with Crippen LogP contribution in [0.15, 0.2) is 35.1 Å². The second kappa shape index (κ2) is 8.87. The molecule has 1 aromatic carbocycles. The Hall–Kier alpha value is -2.89. The number of carbonyl (C=O) groups is 2. The van der Waals surface area contributed by atoms with Gasteiger partial charge in [0.1, 0.15) is 11.3 Å². The number of hydrogen-bond donors (Lipinski definition) is 2. The van der Waals surface area contributed by atoms with E-state index in [2.05, 4.69) is 17.2 Å². The monoisotopic (exact) mass is 382 g/mol. The lowest BCUT2D eigenvalue weighted by atomic mass is 9.81. The highest BCUT2D eigenvalue weighted by atomic mass is 16.5. The lowest BCUT2D eigenvalue weighted by molar-refractivity contribution is 0.0951. The number of amides is 1. The smallest absolute Gasteiger partial charge is 0.261 e. The van der Waals surface area contributed by atoms with Gasteiger partial charge in [0.2, 0.25) is 0 Å². The molecule has 0 unspecified atom stereocenters. The zero-order chi connectivity index (χ0) is 20.1. The summed E-state index contributed by atoms with van der Waals surface area (Å²) in [5.74, 6) is 0.271. The van der Waals surface area contributed by atoms with E-state index in [0.29, 0.717) is 30.6 Å². The van der Waals surface area contributed by atoms with Gasteiger partial charge in [-0.05, 0) is 42.5 Å². The number of benzene rings is 1. The largest absolute Gasteiger partial charge is 0.497 e. The van der Waals surface area contributed by atoms with E-state index in [4.69, 9.17) is 4.74 Å². The third kappa shape index (κ3) is 4.32. The van der Waals surface area contributed by atoms with Gasteiger partial charge >= 0.3 is 0 Å². The minimum absolute atomic E-state index is 0.00437. The molecule has 6 heteroatoms. The molecule has 2 N–H and O–H groups in total. The van der Waals surface area contributed by atoms with Gasteiger partial charge in [0.25, 0.3) is 11.5 Å². The van der Waals surface area contributed by atoms with Crippen LogP contribution in [0.2, 0.25) is 0 Å². The normalized spacial score (nSPS) is 15.8. The number of ether oxygens (including phenoxy) is 1. The number of aromatic nitrogens is 1. The highest BCUT2D eigenvalue weighted by Gasteiger charge is 2.28. The summed E-state index contributed by atoms with van der Waals surface area (Å²) in [5.41, 5.74) is 1.63. The number of unbranched alkanes of at least 4 members (excludes halogenated alkanes) is 2. The summed E-state index contributed by atoms with van der Waals surface area (Å²) in [6.45, 7) is 2.61. The highest BCUT2D eigenvalue weighted by molar-refractivity contribution is 6.02. The van der Waals surface area contributed by atoms with Crippen molar-refractivity contribution >= 4 is 11.7 Å². The van der Waals surface area contributed by atoms with E-state index in [1.54, 1.807) is 7.11 Å². The van der Waals surface area contributed by atoms with E-state index >= 15 is 0 Å². The van der Waals surface area contributed by atoms with Crippen LogP contribution in [-0.4, -0.2) is 30.3 Å². The molecule has 1 heterocycles. The van der Waals surface area contributed by atoms with Crippen LogP contribution in [0.25, 0.3) is 0 Å². The number of carbonyl (C=O) groups excluding carboxylic acids is 2. The van der Waals surface area contributed by atoms with E-state index in [1.165, 1.54) is 6.07 Å². The van der Waals surface area contributed by atoms with Crippen molar-refractivity contribution in [1.82, 2.24) is 10.3 Å². The van der Waals surface area contributed by atoms with Gasteiger partial charge in [-0.15, -0.1) is 0 Å². The van der Waals surface area contributed by atoms with Crippen molar-refractivity contribution in [3.8, 4) is 5.75 Å². The Kier molecular flexibility index (Phi) is 6.29. The maximum absolute atomic E-state index is 12.7. The Bertz CT molecular complexity index is 915. The van der Waals surface area contributed by atoms with Crippen LogP contribution in [0.5, 0.6) is 5.75 Å². The van der Waals surface area contributed by atoms with Crippen molar-refractivity contribution in [2.75, 3.05) is 13.7 Å². The van der Waals surface area contributed by atoms with Crippen LogP contribution in [0.1, 0.15) is 70.5 Å². The molecule has 1 aliphatic carbocycles. The summed E-state index contributed by atoms with van der Waals surface area (Å²) in [4.78, 5) is 40.2. The number of aromatic amines is 1. The molecule has 28 heavy (non-hydrogen) atoms. The summed E-state index contributed by atoms with van der Waals surface area (Å²) in [6.07, 6.45) is 3.85. The number of rotatable bonds is 7. The minimum atomic E-state index is -0.449. The molecule has 148 valence electrons. The standard InChI is InChI=1S/C22H26N2O4/c1-3-4-5-10-23-21(26)18-13-17-19(24-22(18)27)11-15(12-20(17)25)14-6-8-16(28-2)9-7-14/h6-9,13,15H,3-5,10-12H2,1-2H3,(H,23,26)(H,24,27)/t15-/m0/s1. The van der Waals surface area contributed by atoms with E-state index in [1.807, 2.05) is 24.3 Å². The molecule has 0 saturated carbocycles. The zero-order valence-electron chi connectivity index (χ0n) is 16.3. The molecule has 0 saturated heterocycles. The first-order valence-electron chi connectivity index (χ1n) is 9.75. The number of hydrogen-bond acceptors (Lipinski definition) is 4. The van der Waals surface area contributed by atoms with Gasteiger partial charge in [-0.3, -0.25) is 14.4 Å². The molecular weight excluding hydrogens is 356 g/mol. The van der Waals surface area contributed by atoms with Gasteiger partial charge in [0, 0.05) is 24.2 Å². The van der Waals surface area contributed by atoms with Crippen LogP contribution < -0.4 is 15.6 Å². The van der Waals surface area contributed by atoms with Crippen molar-refractivity contribution in [3.05, 3.63) is 63.1 Å². The number of fused-ring (bicyclic) bond motifs is 1. The molecule has 0 spiro atoms. The van der Waals surface area contributed by atoms with E-state index in [9.17, 15) is 14.4 Å². The zero-order valence-corrected chi connectivity index (χ0v) is 16.3. The molecule has 0 fully saturated rings. The Morgan fingerprint density at radius 2 is 1.93 bits per heavy atom. The Morgan fingerprint density at radius 3 is 2.61 bits per heavy atom. The van der Waals surface area contributed by atoms with Crippen LogP contribution in [0.4, 0.5) is 0 Å². The minimum Gasteiger partial charge on any atom is -0.497 e. The van der Waals surface area contributed by atoms with Gasteiger partial charge < -0.3 is 15.0 Å². The van der Waals surface area contributed by atoms with Gasteiger partial charge in [-0.2, -0.15) is 0 Å². The molecule has 0 bridgehead atoms. The Morgan fingerprint density at radius 1 is 1.18 bits per heavy atom. The Balaban J connectivity index is 1.79. The molecule has 1 atom stereocenters. The lowest BCUT2D eigenvalue weighted by Gasteiger charge is -2.24. The summed E-state index contributed by atoms with van der Waals surface area (Å²) in [7, 11) is 1.61.